The van der Waals surface area contributed by atoms with Crippen molar-refractivity contribution in [3.8, 4) is 0 Å². The number of hydrogen-bond donors (Lipinski definition) is 1. The molecule has 4 rings (SSSR count). The van der Waals surface area contributed by atoms with Crippen molar-refractivity contribution in [3.63, 3.8) is 0 Å². The zero-order valence-electron chi connectivity index (χ0n) is 17.2. The van der Waals surface area contributed by atoms with Crippen molar-refractivity contribution >= 4 is 0 Å². The van der Waals surface area contributed by atoms with E-state index in [1.54, 1.807) is 0 Å². The summed E-state index contributed by atoms with van der Waals surface area (Å²) in [5, 5.41) is 11.3. The fourth-order valence-electron chi connectivity index (χ4n) is 3.94. The minimum Gasteiger partial charge on any atom is -0.371 e. The average molecular weight is 405 g/mol. The molecule has 1 fully saturated rings. The van der Waals surface area contributed by atoms with E-state index in [1.165, 1.54) is 0 Å². The monoisotopic (exact) mass is 404 g/mol. The van der Waals surface area contributed by atoms with E-state index in [0.29, 0.717) is 19.6 Å². The molecule has 30 heavy (non-hydrogen) atoms. The van der Waals surface area contributed by atoms with Crippen LogP contribution in [0.25, 0.3) is 0 Å². The summed E-state index contributed by atoms with van der Waals surface area (Å²) >= 11 is 0. The van der Waals surface area contributed by atoms with Crippen LogP contribution in [0.1, 0.15) is 30.0 Å². The summed E-state index contributed by atoms with van der Waals surface area (Å²) < 4.78 is 18.6. The molecule has 0 aromatic heterocycles. The molecule has 1 heterocycles. The summed E-state index contributed by atoms with van der Waals surface area (Å²) in [7, 11) is 0. The van der Waals surface area contributed by atoms with Crippen molar-refractivity contribution in [1.29, 1.82) is 0 Å². The van der Waals surface area contributed by atoms with Crippen LogP contribution in [-0.2, 0) is 33.2 Å². The number of hydrogen-bond acceptors (Lipinski definition) is 4. The lowest BCUT2D eigenvalue weighted by molar-refractivity contribution is -0.318. The second-order valence-electron chi connectivity index (χ2n) is 7.77. The van der Waals surface area contributed by atoms with Gasteiger partial charge in [0.05, 0.1) is 25.4 Å². The predicted octanol–water partition coefficient (Wildman–Crippen LogP) is 4.81. The van der Waals surface area contributed by atoms with Gasteiger partial charge in [-0.15, -0.1) is 0 Å². The molecular weight excluding hydrogens is 376 g/mol. The molecule has 4 heteroatoms. The van der Waals surface area contributed by atoms with Crippen molar-refractivity contribution in [3.05, 3.63) is 108 Å². The second-order valence-corrected chi connectivity index (χ2v) is 7.77. The van der Waals surface area contributed by atoms with Crippen molar-refractivity contribution in [2.24, 2.45) is 0 Å². The van der Waals surface area contributed by atoms with Gasteiger partial charge in [0.1, 0.15) is 6.10 Å². The van der Waals surface area contributed by atoms with Crippen LogP contribution in [0.3, 0.4) is 0 Å². The predicted molar refractivity (Wildman–Crippen MR) is 116 cm³/mol. The SMILES string of the molecule is C[C@@H]1OC(O)(c2ccccc2)C[C@H](OCc2ccccc2)[C@H]1OCc1ccccc1. The van der Waals surface area contributed by atoms with Gasteiger partial charge in [-0.25, -0.2) is 0 Å². The molecule has 4 atom stereocenters. The quantitative estimate of drug-likeness (QED) is 0.614. The Morgan fingerprint density at radius 2 is 1.30 bits per heavy atom. The summed E-state index contributed by atoms with van der Waals surface area (Å²) in [6, 6.07) is 29.6. The zero-order valence-corrected chi connectivity index (χ0v) is 17.2. The fourth-order valence-corrected chi connectivity index (χ4v) is 3.94. The molecular formula is C26H28O4. The minimum absolute atomic E-state index is 0.294. The number of aliphatic hydroxyl groups is 1. The molecule has 3 aromatic carbocycles. The first-order valence-corrected chi connectivity index (χ1v) is 10.4. The van der Waals surface area contributed by atoms with Gasteiger partial charge in [-0.1, -0.05) is 91.0 Å². The van der Waals surface area contributed by atoms with E-state index in [4.69, 9.17) is 14.2 Å². The molecule has 0 spiro atoms. The fraction of sp³-hybridized carbons (Fsp3) is 0.308. The van der Waals surface area contributed by atoms with Crippen LogP contribution < -0.4 is 0 Å². The van der Waals surface area contributed by atoms with Crippen LogP contribution in [0.2, 0.25) is 0 Å². The molecule has 1 unspecified atom stereocenters. The third kappa shape index (κ3) is 4.97. The van der Waals surface area contributed by atoms with E-state index in [2.05, 4.69) is 0 Å². The first-order valence-electron chi connectivity index (χ1n) is 10.4. The van der Waals surface area contributed by atoms with Gasteiger partial charge in [-0.2, -0.15) is 0 Å². The Balaban J connectivity index is 1.52. The number of benzene rings is 3. The molecule has 3 aromatic rings. The average Bonchev–Trinajstić information content (AvgIpc) is 2.79. The van der Waals surface area contributed by atoms with Crippen molar-refractivity contribution < 1.29 is 19.3 Å². The van der Waals surface area contributed by atoms with E-state index in [0.717, 1.165) is 16.7 Å². The summed E-state index contributed by atoms with van der Waals surface area (Å²) in [5.74, 6) is -1.41. The molecule has 0 amide bonds. The third-order valence-corrected chi connectivity index (χ3v) is 5.50. The standard InChI is InChI=1S/C26H28O4/c1-20-25(29-19-22-13-7-3-8-14-22)24(28-18-21-11-5-2-6-12-21)17-26(27,30-20)23-15-9-4-10-16-23/h2-16,20,24-25,27H,17-19H2,1H3/t20-,24-,25-,26?/m0/s1. The Hall–Kier alpha value is -2.50. The van der Waals surface area contributed by atoms with E-state index < -0.39 is 5.79 Å². The normalized spacial score (nSPS) is 26.4. The van der Waals surface area contributed by atoms with E-state index >= 15 is 0 Å². The highest BCUT2D eigenvalue weighted by molar-refractivity contribution is 5.21. The maximum atomic E-state index is 11.3. The minimum atomic E-state index is -1.41. The summed E-state index contributed by atoms with van der Waals surface area (Å²) in [6.45, 7) is 2.85. The van der Waals surface area contributed by atoms with Gasteiger partial charge in [0, 0.05) is 12.0 Å². The lowest BCUT2D eigenvalue weighted by atomic mass is 9.91. The van der Waals surface area contributed by atoms with Crippen LogP contribution in [0.15, 0.2) is 91.0 Å². The Kier molecular flexibility index (Phi) is 6.60. The molecule has 4 nitrogen and oxygen atoms in total. The zero-order chi connectivity index (χ0) is 20.8. The lowest BCUT2D eigenvalue weighted by Crippen LogP contribution is -2.54. The molecule has 0 aliphatic carbocycles. The van der Waals surface area contributed by atoms with E-state index in [-0.39, 0.29) is 18.3 Å². The lowest BCUT2D eigenvalue weighted by Gasteiger charge is -2.45. The largest absolute Gasteiger partial charge is 0.371 e. The van der Waals surface area contributed by atoms with Gasteiger partial charge >= 0.3 is 0 Å². The summed E-state index contributed by atoms with van der Waals surface area (Å²) in [6.07, 6.45) is -0.651. The van der Waals surface area contributed by atoms with Crippen LogP contribution in [0, 0.1) is 0 Å². The molecule has 1 N–H and O–H groups in total. The summed E-state index contributed by atoms with van der Waals surface area (Å²) in [5.41, 5.74) is 2.91. The highest BCUT2D eigenvalue weighted by Crippen LogP contribution is 2.38. The van der Waals surface area contributed by atoms with Gasteiger partial charge in [0.25, 0.3) is 0 Å². The van der Waals surface area contributed by atoms with E-state index in [9.17, 15) is 5.11 Å². The van der Waals surface area contributed by atoms with Crippen LogP contribution in [-0.4, -0.2) is 23.4 Å². The Bertz CT molecular complexity index is 900. The van der Waals surface area contributed by atoms with Gasteiger partial charge < -0.3 is 19.3 Å². The highest BCUT2D eigenvalue weighted by Gasteiger charge is 2.47. The Morgan fingerprint density at radius 3 is 1.87 bits per heavy atom. The van der Waals surface area contributed by atoms with Gasteiger partial charge in [-0.3, -0.25) is 0 Å². The topological polar surface area (TPSA) is 47.9 Å². The molecule has 1 aliphatic heterocycles. The first kappa shape index (κ1) is 20.8. The molecule has 0 bridgehead atoms. The van der Waals surface area contributed by atoms with Crippen molar-refractivity contribution in [2.45, 2.75) is 50.7 Å². The molecule has 0 saturated carbocycles. The maximum Gasteiger partial charge on any atom is 0.195 e. The summed E-state index contributed by atoms with van der Waals surface area (Å²) in [4.78, 5) is 0. The van der Waals surface area contributed by atoms with Gasteiger partial charge in [0.2, 0.25) is 0 Å². The Morgan fingerprint density at radius 1 is 0.800 bits per heavy atom. The van der Waals surface area contributed by atoms with Crippen molar-refractivity contribution in [2.75, 3.05) is 0 Å². The number of ether oxygens (including phenoxy) is 3. The van der Waals surface area contributed by atoms with Crippen LogP contribution >= 0.6 is 0 Å². The molecule has 156 valence electrons. The van der Waals surface area contributed by atoms with Crippen LogP contribution in [0.4, 0.5) is 0 Å². The first-order chi connectivity index (χ1) is 14.6. The van der Waals surface area contributed by atoms with Crippen LogP contribution in [0.5, 0.6) is 0 Å². The van der Waals surface area contributed by atoms with Gasteiger partial charge in [0.15, 0.2) is 5.79 Å². The second kappa shape index (κ2) is 9.54. The van der Waals surface area contributed by atoms with Gasteiger partial charge in [-0.05, 0) is 18.1 Å². The smallest absolute Gasteiger partial charge is 0.195 e. The van der Waals surface area contributed by atoms with E-state index in [1.807, 2.05) is 97.9 Å². The molecule has 1 aliphatic rings. The maximum absolute atomic E-state index is 11.3. The molecule has 0 radical (unpaired) electrons. The number of rotatable bonds is 7. The Labute approximate surface area is 178 Å². The molecule has 1 saturated heterocycles. The van der Waals surface area contributed by atoms with Crippen molar-refractivity contribution in [1.82, 2.24) is 0 Å². The highest BCUT2D eigenvalue weighted by atomic mass is 16.7. The third-order valence-electron chi connectivity index (χ3n) is 5.50.